The van der Waals surface area contributed by atoms with Crippen molar-refractivity contribution in [3.05, 3.63) is 123 Å². The van der Waals surface area contributed by atoms with Gasteiger partial charge in [0.1, 0.15) is 21.2 Å². The molecule has 0 atom stereocenters. The molecule has 5 aromatic rings. The molecule has 19 nitrogen and oxygen atoms in total. The number of rotatable bonds is 10. The van der Waals surface area contributed by atoms with Gasteiger partial charge in [-0.1, -0.05) is 30.3 Å². The molecule has 6 rings (SSSR count). The summed E-state index contributed by atoms with van der Waals surface area (Å²) in [5, 5.41) is 31.0. The molecule has 21 heteroatoms. The monoisotopic (exact) mass is 782 g/mol. The molecule has 0 aromatic heterocycles. The first-order valence-corrected chi connectivity index (χ1v) is 18.3. The van der Waals surface area contributed by atoms with E-state index in [-0.39, 0.29) is 17.1 Å². The number of Topliss-reactive ketones (excluding diaryl/α,β-unsaturated/α-hetero) is 1. The van der Waals surface area contributed by atoms with Crippen molar-refractivity contribution in [1.29, 1.82) is 0 Å². The first-order chi connectivity index (χ1) is 26.0. The Morgan fingerprint density at radius 2 is 1.38 bits per heavy atom. The summed E-state index contributed by atoms with van der Waals surface area (Å²) in [5.74, 6) is -1.17. The lowest BCUT2D eigenvalue weighted by atomic mass is 9.92. The maximum Gasteiger partial charge on any atom is 0.296 e. The van der Waals surface area contributed by atoms with Gasteiger partial charge in [-0.15, -0.1) is 10.2 Å². The Hall–Kier alpha value is -7.20. The van der Waals surface area contributed by atoms with E-state index in [1.54, 1.807) is 66.7 Å². The molecule has 1 aliphatic rings. The third-order valence-electron chi connectivity index (χ3n) is 7.86. The highest BCUT2D eigenvalue weighted by Crippen LogP contribution is 2.41. The fourth-order valence-corrected chi connectivity index (χ4v) is 6.56. The van der Waals surface area contributed by atoms with Crippen molar-refractivity contribution >= 4 is 89.0 Å². The molecule has 0 unspecified atom stereocenters. The number of nitrogens with zero attached hydrogens (tertiary/aromatic N) is 6. The maximum absolute atomic E-state index is 13.8. The molecule has 0 saturated heterocycles. The minimum Gasteiger partial charge on any atom is -0.399 e. The second-order valence-electron chi connectivity index (χ2n) is 11.6. The molecule has 0 radical (unpaired) electrons. The van der Waals surface area contributed by atoms with Gasteiger partial charge in [-0.2, -0.15) is 32.2 Å². The van der Waals surface area contributed by atoms with E-state index in [9.17, 15) is 40.8 Å². The van der Waals surface area contributed by atoms with E-state index in [4.69, 9.17) is 17.2 Å². The van der Waals surface area contributed by atoms with Gasteiger partial charge >= 0.3 is 0 Å². The number of anilines is 4. The Morgan fingerprint density at radius 3 is 2.00 bits per heavy atom. The average Bonchev–Trinajstić information content (AvgIpc) is 3.13. The van der Waals surface area contributed by atoms with E-state index in [0.717, 1.165) is 23.3 Å². The largest absolute Gasteiger partial charge is 0.399 e. The van der Waals surface area contributed by atoms with Crippen molar-refractivity contribution in [2.45, 2.75) is 4.90 Å². The van der Waals surface area contributed by atoms with Crippen LogP contribution >= 0.6 is 0 Å². The molecule has 278 valence electrons. The summed E-state index contributed by atoms with van der Waals surface area (Å²) < 4.78 is 69.5. The fraction of sp³-hybridized carbons (Fsp3) is 0. The van der Waals surface area contributed by atoms with E-state index in [1.807, 2.05) is 0 Å². The fourth-order valence-electron chi connectivity index (χ4n) is 5.23. The van der Waals surface area contributed by atoms with Crippen LogP contribution in [0.25, 0.3) is 17.2 Å². The van der Waals surface area contributed by atoms with Gasteiger partial charge in [0.05, 0.1) is 38.9 Å². The van der Waals surface area contributed by atoms with Crippen LogP contribution in [0.2, 0.25) is 0 Å². The molecular formula is C34H26N10O9S2. The molecule has 0 spiro atoms. The smallest absolute Gasteiger partial charge is 0.296 e. The molecule has 5 aromatic carbocycles. The number of nitrogens with two attached hydrogens (primary N) is 3. The Morgan fingerprint density at radius 1 is 0.727 bits per heavy atom. The highest BCUT2D eigenvalue weighted by atomic mass is 32.2. The van der Waals surface area contributed by atoms with Gasteiger partial charge in [-0.05, 0) is 77.4 Å². The lowest BCUT2D eigenvalue weighted by Gasteiger charge is -2.20. The van der Waals surface area contributed by atoms with Gasteiger partial charge in [0.15, 0.2) is 5.71 Å². The number of allylic oxidation sites excluding steroid dienone is 1. The molecule has 0 saturated carbocycles. The SMILES string of the molecule is Nc1ccc(N=Nc2ccc(-c3ccc(NN=C4C(=O)c5c(cc(S(=O)(=O)O)c(N=Nc6cccc([N+](=O)[O-])c6)c5N)C=C4S(=O)(=O)O)cc3)cc2)c(N)c1. The summed E-state index contributed by atoms with van der Waals surface area (Å²) in [5.41, 5.74) is 20.6. The van der Waals surface area contributed by atoms with E-state index >= 15 is 0 Å². The summed E-state index contributed by atoms with van der Waals surface area (Å²) in [4.78, 5) is 22.3. The van der Waals surface area contributed by atoms with Crippen LogP contribution in [-0.4, -0.2) is 42.4 Å². The van der Waals surface area contributed by atoms with Gasteiger partial charge in [-0.25, -0.2) is 0 Å². The summed E-state index contributed by atoms with van der Waals surface area (Å²) in [6.45, 7) is 0. The number of hydrazone groups is 1. The van der Waals surface area contributed by atoms with Crippen molar-refractivity contribution in [3.8, 4) is 11.1 Å². The molecule has 1 aliphatic carbocycles. The molecule has 55 heavy (non-hydrogen) atoms. The third-order valence-corrected chi connectivity index (χ3v) is 9.60. The quantitative estimate of drug-likeness (QED) is 0.0274. The summed E-state index contributed by atoms with van der Waals surface area (Å²) >= 11 is 0. The number of benzene rings is 5. The van der Waals surface area contributed by atoms with Gasteiger partial charge in [0.25, 0.3) is 25.9 Å². The third kappa shape index (κ3) is 8.23. The Kier molecular flexibility index (Phi) is 10.0. The topological polar surface area (TPSA) is 321 Å². The maximum atomic E-state index is 13.8. The van der Waals surface area contributed by atoms with Crippen LogP contribution in [0.4, 0.5) is 51.2 Å². The Labute approximate surface area is 311 Å². The first kappa shape index (κ1) is 37.6. The minimum absolute atomic E-state index is 0.107. The number of nitrogens with one attached hydrogen (secondary N) is 1. The van der Waals surface area contributed by atoms with Crippen molar-refractivity contribution < 1.29 is 35.7 Å². The molecule has 0 fully saturated rings. The minimum atomic E-state index is -5.16. The predicted octanol–water partition coefficient (Wildman–Crippen LogP) is 6.98. The molecule has 0 bridgehead atoms. The first-order valence-electron chi connectivity index (χ1n) is 15.4. The van der Waals surface area contributed by atoms with E-state index in [0.29, 0.717) is 28.8 Å². The number of hydrogen-bond acceptors (Lipinski definition) is 16. The van der Waals surface area contributed by atoms with E-state index < -0.39 is 69.0 Å². The Balaban J connectivity index is 1.29. The lowest BCUT2D eigenvalue weighted by molar-refractivity contribution is -0.384. The Bertz CT molecular complexity index is 2750. The van der Waals surface area contributed by atoms with E-state index in [1.165, 1.54) is 18.2 Å². The van der Waals surface area contributed by atoms with E-state index in [2.05, 4.69) is 31.0 Å². The van der Waals surface area contributed by atoms with Crippen molar-refractivity contribution in [2.75, 3.05) is 22.6 Å². The summed E-state index contributed by atoms with van der Waals surface area (Å²) in [7, 11) is -10.3. The van der Waals surface area contributed by atoms with Crippen molar-refractivity contribution in [3.63, 3.8) is 0 Å². The van der Waals surface area contributed by atoms with Crippen LogP contribution in [0.5, 0.6) is 0 Å². The zero-order valence-corrected chi connectivity index (χ0v) is 29.4. The van der Waals surface area contributed by atoms with Gasteiger partial charge in [-0.3, -0.25) is 29.4 Å². The van der Waals surface area contributed by atoms with Crippen LogP contribution in [0.15, 0.2) is 132 Å². The number of non-ortho nitro benzene ring substituents is 1. The number of carbonyl (C=O) groups is 1. The standard InChI is InChI=1S/C34H26N10O9S2/c35-21-8-13-27(26(36)16-21)41-38-22-9-4-18(5-10-22)19-6-11-23(12-7-19)39-43-33-29(55(51,52)53)15-20-14-28(54(48,49)50)32(31(37)30(20)34(33)45)42-40-24-2-1-3-25(17-24)44(46)47/h1-17,39H,35-37H2,(H,48,49,50)(H,51,52,53). The van der Waals surface area contributed by atoms with Crippen LogP contribution < -0.4 is 22.6 Å². The molecule has 0 amide bonds. The average molecular weight is 783 g/mol. The lowest BCUT2D eigenvalue weighted by Crippen LogP contribution is -2.28. The molecule has 0 aliphatic heterocycles. The number of nitrogen functional groups attached to an aromatic ring is 3. The zero-order valence-electron chi connectivity index (χ0n) is 27.8. The number of nitro benzene ring substituents is 1. The van der Waals surface area contributed by atoms with Crippen LogP contribution in [0.3, 0.4) is 0 Å². The van der Waals surface area contributed by atoms with Gasteiger partial charge < -0.3 is 17.2 Å². The highest BCUT2D eigenvalue weighted by Gasteiger charge is 2.37. The number of carbonyl (C=O) groups excluding carboxylic acids is 1. The zero-order chi connectivity index (χ0) is 39.7. The number of ketones is 1. The van der Waals surface area contributed by atoms with Crippen LogP contribution in [0.1, 0.15) is 15.9 Å². The predicted molar refractivity (Wildman–Crippen MR) is 204 cm³/mol. The van der Waals surface area contributed by atoms with Crippen molar-refractivity contribution in [2.24, 2.45) is 25.6 Å². The molecule has 9 N–H and O–H groups in total. The second kappa shape index (κ2) is 14.7. The normalized spacial score (nSPS) is 14.0. The van der Waals surface area contributed by atoms with Gasteiger partial charge in [0.2, 0.25) is 5.78 Å². The van der Waals surface area contributed by atoms with Gasteiger partial charge in [0, 0.05) is 17.8 Å². The highest BCUT2D eigenvalue weighted by molar-refractivity contribution is 7.91. The van der Waals surface area contributed by atoms with Crippen molar-refractivity contribution in [1.82, 2.24) is 0 Å². The summed E-state index contributed by atoms with van der Waals surface area (Å²) in [6.07, 6.45) is 0.746. The number of azo groups is 2. The number of nitro groups is 1. The number of fused-ring (bicyclic) bond motifs is 1. The second-order valence-corrected chi connectivity index (χ2v) is 14.4. The van der Waals surface area contributed by atoms with Crippen LogP contribution in [-0.2, 0) is 20.2 Å². The summed E-state index contributed by atoms with van der Waals surface area (Å²) in [6, 6.07) is 24.0. The molecule has 0 heterocycles. The number of hydrogen-bond donors (Lipinski definition) is 6. The van der Waals surface area contributed by atoms with Crippen LogP contribution in [0, 0.1) is 10.1 Å². The molecular weight excluding hydrogens is 757 g/mol.